The maximum Gasteiger partial charge on any atom is 0.171 e. The van der Waals surface area contributed by atoms with E-state index in [4.69, 9.17) is 22.7 Å². The first kappa shape index (κ1) is 6.91. The van der Waals surface area contributed by atoms with Gasteiger partial charge in [0.2, 0.25) is 0 Å². The molecule has 0 saturated carbocycles. The Balaban J connectivity index is 2.40. The molecule has 0 aromatic rings. The average molecular weight is 169 g/mol. The fraction of sp³-hybridized carbons (Fsp3) is 1.00. The molecule has 0 unspecified atom stereocenters. The molecule has 0 nitrogen and oxygen atoms in total. The topological polar surface area (TPSA) is 0 Å². The standard InChI is InChI=1S/C5H10Cl2Si/c6-5-8(7)3-1-2-4-8/h1-5H2. The summed E-state index contributed by atoms with van der Waals surface area (Å²) < 4.78 is 0. The summed E-state index contributed by atoms with van der Waals surface area (Å²) in [7, 11) is -1.32. The van der Waals surface area contributed by atoms with Crippen LogP contribution in [0.2, 0.25) is 12.1 Å². The Labute approximate surface area is 60.9 Å². The maximum atomic E-state index is 6.16. The molecule has 1 aliphatic heterocycles. The van der Waals surface area contributed by atoms with Gasteiger partial charge in [0.1, 0.15) is 0 Å². The van der Waals surface area contributed by atoms with E-state index in [0.717, 1.165) is 5.50 Å². The molecule has 1 fully saturated rings. The molecule has 1 saturated heterocycles. The van der Waals surface area contributed by atoms with E-state index in [-0.39, 0.29) is 0 Å². The van der Waals surface area contributed by atoms with E-state index in [1.54, 1.807) is 0 Å². The number of rotatable bonds is 1. The molecule has 0 spiro atoms. The minimum absolute atomic E-state index is 0.758. The van der Waals surface area contributed by atoms with Crippen molar-refractivity contribution < 1.29 is 0 Å². The Morgan fingerprint density at radius 3 is 2.00 bits per heavy atom. The monoisotopic (exact) mass is 168 g/mol. The zero-order chi connectivity index (χ0) is 6.04. The van der Waals surface area contributed by atoms with E-state index in [1.165, 1.54) is 24.9 Å². The van der Waals surface area contributed by atoms with Crippen LogP contribution in [0.3, 0.4) is 0 Å². The molecule has 0 N–H and O–H groups in total. The second-order valence-corrected chi connectivity index (χ2v) is 9.27. The summed E-state index contributed by atoms with van der Waals surface area (Å²) in [5, 5.41) is 0. The van der Waals surface area contributed by atoms with Gasteiger partial charge in [0.15, 0.2) is 7.38 Å². The molecule has 48 valence electrons. The highest BCUT2D eigenvalue weighted by Gasteiger charge is 2.33. The number of hydrogen-bond donors (Lipinski definition) is 0. The van der Waals surface area contributed by atoms with E-state index >= 15 is 0 Å². The van der Waals surface area contributed by atoms with Gasteiger partial charge in [0.05, 0.1) is 0 Å². The Kier molecular flexibility index (Phi) is 2.24. The van der Waals surface area contributed by atoms with Gasteiger partial charge in [-0.05, 0) is 12.1 Å². The summed E-state index contributed by atoms with van der Waals surface area (Å²) >= 11 is 11.8. The van der Waals surface area contributed by atoms with Crippen molar-refractivity contribution in [3.05, 3.63) is 0 Å². The van der Waals surface area contributed by atoms with Crippen molar-refractivity contribution in [1.82, 2.24) is 0 Å². The molecule has 0 atom stereocenters. The normalized spacial score (nSPS) is 26.2. The van der Waals surface area contributed by atoms with Gasteiger partial charge in [0.25, 0.3) is 0 Å². The van der Waals surface area contributed by atoms with Crippen molar-refractivity contribution in [3.8, 4) is 0 Å². The summed E-state index contributed by atoms with van der Waals surface area (Å²) in [4.78, 5) is 0. The first-order chi connectivity index (χ1) is 3.77. The fourth-order valence-corrected chi connectivity index (χ4v) is 5.03. The maximum absolute atomic E-state index is 6.16. The molecular formula is C5H10Cl2Si. The van der Waals surface area contributed by atoms with Gasteiger partial charge in [0, 0.05) is 5.50 Å². The van der Waals surface area contributed by atoms with Crippen LogP contribution < -0.4 is 0 Å². The van der Waals surface area contributed by atoms with E-state index < -0.39 is 7.38 Å². The van der Waals surface area contributed by atoms with E-state index in [0.29, 0.717) is 0 Å². The summed E-state index contributed by atoms with van der Waals surface area (Å²) in [6, 6.07) is 2.50. The van der Waals surface area contributed by atoms with Crippen LogP contribution in [-0.2, 0) is 0 Å². The zero-order valence-corrected chi connectivity index (χ0v) is 7.30. The lowest BCUT2D eigenvalue weighted by Crippen LogP contribution is -2.24. The number of halogens is 2. The highest BCUT2D eigenvalue weighted by molar-refractivity contribution is 7.22. The Bertz CT molecular complexity index is 78.5. The van der Waals surface area contributed by atoms with Gasteiger partial charge < -0.3 is 0 Å². The van der Waals surface area contributed by atoms with Crippen LogP contribution in [0.1, 0.15) is 12.8 Å². The largest absolute Gasteiger partial charge is 0.171 e. The molecule has 0 aromatic heterocycles. The lowest BCUT2D eigenvalue weighted by Gasteiger charge is -2.11. The van der Waals surface area contributed by atoms with Crippen molar-refractivity contribution in [2.45, 2.75) is 24.9 Å². The number of hydrogen-bond acceptors (Lipinski definition) is 0. The summed E-state index contributed by atoms with van der Waals surface area (Å²) in [6.45, 7) is 0. The van der Waals surface area contributed by atoms with Crippen LogP contribution in [0.15, 0.2) is 0 Å². The lowest BCUT2D eigenvalue weighted by molar-refractivity contribution is 0.935. The number of alkyl halides is 1. The lowest BCUT2D eigenvalue weighted by atomic mass is 10.4. The Morgan fingerprint density at radius 1 is 1.25 bits per heavy atom. The van der Waals surface area contributed by atoms with Crippen molar-refractivity contribution >= 4 is 30.1 Å². The third kappa shape index (κ3) is 1.39. The van der Waals surface area contributed by atoms with Gasteiger partial charge in [-0.15, -0.1) is 11.6 Å². The summed E-state index contributed by atoms with van der Waals surface area (Å²) in [5.74, 6) is 0. The molecule has 1 heterocycles. The van der Waals surface area contributed by atoms with Gasteiger partial charge in [-0.2, -0.15) is 11.1 Å². The zero-order valence-electron chi connectivity index (χ0n) is 4.79. The molecule has 1 rings (SSSR count). The van der Waals surface area contributed by atoms with Crippen LogP contribution in [0.5, 0.6) is 0 Å². The van der Waals surface area contributed by atoms with E-state index in [1.807, 2.05) is 0 Å². The van der Waals surface area contributed by atoms with E-state index in [9.17, 15) is 0 Å². The molecule has 0 amide bonds. The van der Waals surface area contributed by atoms with Gasteiger partial charge in [-0.1, -0.05) is 12.8 Å². The quantitative estimate of drug-likeness (QED) is 0.321. The van der Waals surface area contributed by atoms with Crippen molar-refractivity contribution in [2.75, 3.05) is 5.50 Å². The molecule has 1 aliphatic rings. The summed E-state index contributed by atoms with van der Waals surface area (Å²) in [5.41, 5.74) is 0.758. The fourth-order valence-electron chi connectivity index (χ4n) is 1.14. The Hall–Kier alpha value is 0.797. The third-order valence-electron chi connectivity index (χ3n) is 1.74. The molecule has 8 heavy (non-hydrogen) atoms. The smallest absolute Gasteiger partial charge is 0.166 e. The van der Waals surface area contributed by atoms with Crippen LogP contribution in [-0.4, -0.2) is 12.9 Å². The van der Waals surface area contributed by atoms with E-state index in [2.05, 4.69) is 0 Å². The first-order valence-corrected chi connectivity index (χ1v) is 7.18. The molecule has 3 heteroatoms. The van der Waals surface area contributed by atoms with Crippen molar-refractivity contribution in [2.24, 2.45) is 0 Å². The van der Waals surface area contributed by atoms with Crippen LogP contribution in [0.25, 0.3) is 0 Å². The summed E-state index contributed by atoms with van der Waals surface area (Å²) in [6.07, 6.45) is 2.64. The van der Waals surface area contributed by atoms with Gasteiger partial charge in [-0.25, -0.2) is 0 Å². The SMILES string of the molecule is ClC[Si]1(Cl)CCCC1. The molecule has 0 radical (unpaired) electrons. The Morgan fingerprint density at radius 2 is 1.75 bits per heavy atom. The molecule has 0 aromatic carbocycles. The second kappa shape index (κ2) is 2.59. The predicted octanol–water partition coefficient (Wildman–Crippen LogP) is 2.74. The molecular weight excluding hydrogens is 159 g/mol. The van der Waals surface area contributed by atoms with Crippen molar-refractivity contribution in [1.29, 1.82) is 0 Å². The average Bonchev–Trinajstić information content (AvgIpc) is 2.17. The van der Waals surface area contributed by atoms with Crippen LogP contribution in [0.4, 0.5) is 0 Å². The third-order valence-corrected chi connectivity index (χ3v) is 8.20. The highest BCUT2D eigenvalue weighted by Crippen LogP contribution is 2.33. The highest BCUT2D eigenvalue weighted by atomic mass is 35.6. The molecule has 0 aliphatic carbocycles. The molecule has 0 bridgehead atoms. The van der Waals surface area contributed by atoms with Gasteiger partial charge in [-0.3, -0.25) is 0 Å². The first-order valence-electron chi connectivity index (χ1n) is 3.02. The van der Waals surface area contributed by atoms with Crippen molar-refractivity contribution in [3.63, 3.8) is 0 Å². The van der Waals surface area contributed by atoms with Crippen LogP contribution >= 0.6 is 22.7 Å². The minimum atomic E-state index is -1.32. The minimum Gasteiger partial charge on any atom is -0.166 e. The van der Waals surface area contributed by atoms with Crippen LogP contribution in [0, 0.1) is 0 Å². The van der Waals surface area contributed by atoms with Gasteiger partial charge >= 0.3 is 0 Å². The predicted molar refractivity (Wildman–Crippen MR) is 41.2 cm³/mol. The second-order valence-electron chi connectivity index (χ2n) is 2.49.